The number of carbonyl (C=O) groups excluding carboxylic acids is 1. The minimum Gasteiger partial charge on any atom is -0.508 e. The number of phenols is 1. The number of carbonyl (C=O) groups is 1. The number of aryl methyl sites for hydroxylation is 1. The zero-order valence-corrected chi connectivity index (χ0v) is 9.96. The number of nitrogens with zero attached hydrogens (tertiary/aromatic N) is 1. The van der Waals surface area contributed by atoms with Gasteiger partial charge in [-0.25, -0.2) is 0 Å². The topological polar surface area (TPSA) is 59.3 Å². The van der Waals surface area contributed by atoms with Gasteiger partial charge >= 0.3 is 0 Å². The summed E-state index contributed by atoms with van der Waals surface area (Å²) in [5.41, 5.74) is 0.918. The molecule has 1 heterocycles. The predicted octanol–water partition coefficient (Wildman–Crippen LogP) is 1.75. The van der Waals surface area contributed by atoms with Crippen molar-refractivity contribution in [1.29, 1.82) is 0 Å². The number of hydrogen-bond acceptors (Lipinski definition) is 3. The summed E-state index contributed by atoms with van der Waals surface area (Å²) < 4.78 is 1.38. The Bertz CT molecular complexity index is 626. The number of hydrogen-bond donors (Lipinski definition) is 1. The van der Waals surface area contributed by atoms with E-state index in [1.54, 1.807) is 37.4 Å². The first kappa shape index (κ1) is 12.1. The highest BCUT2D eigenvalue weighted by Gasteiger charge is 2.08. The van der Waals surface area contributed by atoms with Crippen molar-refractivity contribution in [2.45, 2.75) is 13.5 Å². The Hall–Kier alpha value is -2.36. The Balaban J connectivity index is 2.24. The molecule has 2 aromatic rings. The van der Waals surface area contributed by atoms with Crippen LogP contribution in [-0.2, 0) is 6.54 Å². The minimum absolute atomic E-state index is 0.00525. The standard InChI is InChI=1S/C14H13NO3/c1-10-3-2-8-15(14(10)18)9-13(17)11-4-6-12(16)7-5-11/h2-8,16H,9H2,1H3. The first-order valence-electron chi connectivity index (χ1n) is 5.56. The van der Waals surface area contributed by atoms with E-state index < -0.39 is 0 Å². The van der Waals surface area contributed by atoms with Crippen LogP contribution in [0.3, 0.4) is 0 Å². The molecule has 0 unspecified atom stereocenters. The first-order valence-corrected chi connectivity index (χ1v) is 5.56. The normalized spacial score (nSPS) is 10.3. The van der Waals surface area contributed by atoms with Gasteiger partial charge in [-0.05, 0) is 37.3 Å². The summed E-state index contributed by atoms with van der Waals surface area (Å²) in [5.74, 6) is -0.0537. The lowest BCUT2D eigenvalue weighted by Crippen LogP contribution is -2.25. The van der Waals surface area contributed by atoms with Crippen LogP contribution in [0.5, 0.6) is 5.75 Å². The molecule has 0 atom stereocenters. The van der Waals surface area contributed by atoms with Gasteiger partial charge in [0.25, 0.3) is 5.56 Å². The van der Waals surface area contributed by atoms with Crippen molar-refractivity contribution in [2.75, 3.05) is 0 Å². The number of ketones is 1. The van der Waals surface area contributed by atoms with Crippen molar-refractivity contribution in [3.05, 3.63) is 64.1 Å². The van der Waals surface area contributed by atoms with E-state index in [1.165, 1.54) is 16.7 Å². The fourth-order valence-corrected chi connectivity index (χ4v) is 1.67. The summed E-state index contributed by atoms with van der Waals surface area (Å²) in [6.07, 6.45) is 1.59. The lowest BCUT2D eigenvalue weighted by Gasteiger charge is -2.05. The van der Waals surface area contributed by atoms with E-state index in [1.807, 2.05) is 0 Å². The average Bonchev–Trinajstić information content (AvgIpc) is 2.36. The van der Waals surface area contributed by atoms with Crippen molar-refractivity contribution in [3.8, 4) is 5.75 Å². The molecule has 0 fully saturated rings. The Morgan fingerprint density at radius 3 is 2.56 bits per heavy atom. The third kappa shape index (κ3) is 2.48. The van der Waals surface area contributed by atoms with Gasteiger partial charge in [-0.1, -0.05) is 6.07 Å². The molecule has 0 saturated heterocycles. The van der Waals surface area contributed by atoms with Crippen LogP contribution in [0.25, 0.3) is 0 Å². The monoisotopic (exact) mass is 243 g/mol. The van der Waals surface area contributed by atoms with E-state index in [-0.39, 0.29) is 23.6 Å². The van der Waals surface area contributed by atoms with Crippen molar-refractivity contribution in [2.24, 2.45) is 0 Å². The van der Waals surface area contributed by atoms with Gasteiger partial charge in [-0.3, -0.25) is 9.59 Å². The van der Waals surface area contributed by atoms with Gasteiger partial charge in [0.05, 0.1) is 6.54 Å². The molecule has 4 nitrogen and oxygen atoms in total. The summed E-state index contributed by atoms with van der Waals surface area (Å²) in [5, 5.41) is 9.14. The van der Waals surface area contributed by atoms with Gasteiger partial charge in [-0.15, -0.1) is 0 Å². The van der Waals surface area contributed by atoms with Crippen LogP contribution >= 0.6 is 0 Å². The lowest BCUT2D eigenvalue weighted by molar-refractivity contribution is 0.0971. The molecule has 1 N–H and O–H groups in total. The van der Waals surface area contributed by atoms with E-state index in [0.717, 1.165) is 0 Å². The summed E-state index contributed by atoms with van der Waals surface area (Å²) in [6.45, 7) is 1.72. The minimum atomic E-state index is -0.164. The highest BCUT2D eigenvalue weighted by atomic mass is 16.3. The van der Waals surface area contributed by atoms with E-state index in [2.05, 4.69) is 0 Å². The number of rotatable bonds is 3. The fraction of sp³-hybridized carbons (Fsp3) is 0.143. The summed E-state index contributed by atoms with van der Waals surface area (Å²) in [7, 11) is 0. The number of aromatic nitrogens is 1. The van der Waals surface area contributed by atoms with Crippen LogP contribution in [0.15, 0.2) is 47.4 Å². The largest absolute Gasteiger partial charge is 0.508 e. The molecule has 1 aromatic carbocycles. The van der Waals surface area contributed by atoms with Crippen molar-refractivity contribution < 1.29 is 9.90 Å². The van der Waals surface area contributed by atoms with Gasteiger partial charge in [-0.2, -0.15) is 0 Å². The predicted molar refractivity (Wildman–Crippen MR) is 67.9 cm³/mol. The van der Waals surface area contributed by atoms with Crippen LogP contribution in [0.2, 0.25) is 0 Å². The Kier molecular flexibility index (Phi) is 3.28. The van der Waals surface area contributed by atoms with Crippen LogP contribution in [0.1, 0.15) is 15.9 Å². The SMILES string of the molecule is Cc1cccn(CC(=O)c2ccc(O)cc2)c1=O. The maximum atomic E-state index is 11.9. The quantitative estimate of drug-likeness (QED) is 0.835. The first-order chi connectivity index (χ1) is 8.58. The van der Waals surface area contributed by atoms with Gasteiger partial charge in [0.15, 0.2) is 5.78 Å². The molecule has 4 heteroatoms. The summed E-state index contributed by atoms with van der Waals surface area (Å²) in [4.78, 5) is 23.7. The molecule has 0 aliphatic heterocycles. The van der Waals surface area contributed by atoms with E-state index in [9.17, 15) is 9.59 Å². The second kappa shape index (κ2) is 4.87. The highest BCUT2D eigenvalue weighted by Crippen LogP contribution is 2.10. The molecule has 18 heavy (non-hydrogen) atoms. The highest BCUT2D eigenvalue weighted by molar-refractivity contribution is 5.95. The summed E-state index contributed by atoms with van der Waals surface area (Å²) in [6, 6.07) is 9.43. The molecule has 0 aliphatic carbocycles. The number of aromatic hydroxyl groups is 1. The molecule has 92 valence electrons. The smallest absolute Gasteiger partial charge is 0.253 e. The molecule has 2 rings (SSSR count). The summed E-state index contributed by atoms with van der Waals surface area (Å²) >= 11 is 0. The average molecular weight is 243 g/mol. The van der Waals surface area contributed by atoms with Crippen LogP contribution < -0.4 is 5.56 Å². The Morgan fingerprint density at radius 2 is 1.89 bits per heavy atom. The van der Waals surface area contributed by atoms with Gasteiger partial charge in [0, 0.05) is 17.3 Å². The maximum absolute atomic E-state index is 11.9. The molecular weight excluding hydrogens is 230 g/mol. The van der Waals surface area contributed by atoms with Crippen LogP contribution in [0, 0.1) is 6.92 Å². The van der Waals surface area contributed by atoms with Crippen LogP contribution in [0.4, 0.5) is 0 Å². The van der Waals surface area contributed by atoms with Crippen molar-refractivity contribution >= 4 is 5.78 Å². The van der Waals surface area contributed by atoms with Crippen molar-refractivity contribution in [3.63, 3.8) is 0 Å². The number of Topliss-reactive ketones (excluding diaryl/α,β-unsaturated/α-hetero) is 1. The Labute approximate surface area is 104 Å². The molecule has 0 radical (unpaired) electrons. The third-order valence-corrected chi connectivity index (χ3v) is 2.71. The Morgan fingerprint density at radius 1 is 1.22 bits per heavy atom. The molecule has 0 saturated carbocycles. The molecule has 0 spiro atoms. The maximum Gasteiger partial charge on any atom is 0.253 e. The number of pyridine rings is 1. The second-order valence-corrected chi connectivity index (χ2v) is 4.09. The second-order valence-electron chi connectivity index (χ2n) is 4.09. The molecule has 0 aliphatic rings. The third-order valence-electron chi connectivity index (χ3n) is 2.71. The van der Waals surface area contributed by atoms with E-state index in [4.69, 9.17) is 5.11 Å². The van der Waals surface area contributed by atoms with Gasteiger partial charge in [0.1, 0.15) is 5.75 Å². The van der Waals surface area contributed by atoms with Crippen LogP contribution in [-0.4, -0.2) is 15.5 Å². The molecule has 0 bridgehead atoms. The molecule has 0 amide bonds. The number of phenolic OH excluding ortho intramolecular Hbond substituents is 1. The van der Waals surface area contributed by atoms with Gasteiger partial charge in [0.2, 0.25) is 0 Å². The zero-order chi connectivity index (χ0) is 13.1. The molecular formula is C14H13NO3. The molecule has 1 aromatic heterocycles. The zero-order valence-electron chi connectivity index (χ0n) is 9.96. The lowest BCUT2D eigenvalue weighted by atomic mass is 10.1. The van der Waals surface area contributed by atoms with Crippen molar-refractivity contribution in [1.82, 2.24) is 4.57 Å². The van der Waals surface area contributed by atoms with E-state index >= 15 is 0 Å². The van der Waals surface area contributed by atoms with E-state index in [0.29, 0.717) is 11.1 Å². The fourth-order valence-electron chi connectivity index (χ4n) is 1.67. The number of benzene rings is 1. The van der Waals surface area contributed by atoms with Gasteiger partial charge < -0.3 is 9.67 Å².